The van der Waals surface area contributed by atoms with Gasteiger partial charge in [-0.15, -0.1) is 20.4 Å². The van der Waals surface area contributed by atoms with Gasteiger partial charge in [0.1, 0.15) is 23.2 Å². The van der Waals surface area contributed by atoms with E-state index >= 15 is 0 Å². The van der Waals surface area contributed by atoms with Crippen LogP contribution in [0.2, 0.25) is 0 Å². The summed E-state index contributed by atoms with van der Waals surface area (Å²) in [5, 5.41) is 33.2. The molecule has 2 aromatic heterocycles. The van der Waals surface area contributed by atoms with E-state index in [1.807, 2.05) is 60.7 Å². The van der Waals surface area contributed by atoms with Gasteiger partial charge in [0.2, 0.25) is 16.2 Å². The Bertz CT molecular complexity index is 1670. The van der Waals surface area contributed by atoms with Gasteiger partial charge in [-0.1, -0.05) is 96.5 Å². The molecule has 0 bridgehead atoms. The third-order valence-corrected chi connectivity index (χ3v) is 11.7. The second-order valence-corrected chi connectivity index (χ2v) is 15.9. The minimum atomic E-state index is -0.508. The third kappa shape index (κ3) is 11.5. The normalized spacial score (nSPS) is 16.2. The lowest BCUT2D eigenvalue weighted by atomic mass is 9.96. The van der Waals surface area contributed by atoms with Gasteiger partial charge in [0, 0.05) is 24.5 Å². The van der Waals surface area contributed by atoms with Crippen LogP contribution < -0.4 is 21.3 Å². The predicted molar refractivity (Wildman–Crippen MR) is 213 cm³/mol. The Morgan fingerprint density at radius 3 is 1.76 bits per heavy atom. The summed E-state index contributed by atoms with van der Waals surface area (Å²) in [6, 6.07) is 19.6. The number of carbonyl (C=O) groups is 2. The maximum absolute atomic E-state index is 13.5. The fourth-order valence-electron chi connectivity index (χ4n) is 6.66. The minimum absolute atomic E-state index is 0.0668. The van der Waals surface area contributed by atoms with Crippen LogP contribution in [0.5, 0.6) is 0 Å². The monoisotopic (exact) mass is 770 g/mol. The lowest BCUT2D eigenvalue weighted by Crippen LogP contribution is -2.33. The van der Waals surface area contributed by atoms with Gasteiger partial charge < -0.3 is 25.4 Å². The van der Waals surface area contributed by atoms with Crippen LogP contribution in [0.25, 0.3) is 0 Å². The molecule has 6 rings (SSSR count). The topological polar surface area (TPSA) is 152 Å². The smallest absolute Gasteiger partial charge is 0.309 e. The highest BCUT2D eigenvalue weighted by Gasteiger charge is 2.27. The molecule has 2 atom stereocenters. The number of piperidine rings is 2. The van der Waals surface area contributed by atoms with Crippen molar-refractivity contribution in [3.05, 3.63) is 106 Å². The van der Waals surface area contributed by atoms with Crippen molar-refractivity contribution in [1.82, 2.24) is 31.0 Å². The molecule has 2 unspecified atom stereocenters. The minimum Gasteiger partial charge on any atom is -0.497 e. The van der Waals surface area contributed by atoms with Crippen LogP contribution in [0.15, 0.2) is 85.3 Å². The highest BCUT2D eigenvalue weighted by Crippen LogP contribution is 2.29. The second kappa shape index (κ2) is 20.3. The van der Waals surface area contributed by atoms with Crippen molar-refractivity contribution >= 4 is 44.8 Å². The molecule has 1 amide bonds. The fourth-order valence-corrected chi connectivity index (χ4v) is 8.26. The molecule has 0 aliphatic carbocycles. The molecule has 2 saturated heterocycles. The van der Waals surface area contributed by atoms with E-state index < -0.39 is 5.92 Å². The number of nitrogens with one attached hydrogen (secondary N) is 4. The van der Waals surface area contributed by atoms with E-state index in [9.17, 15) is 9.59 Å². The van der Waals surface area contributed by atoms with Gasteiger partial charge in [-0.2, -0.15) is 0 Å². The van der Waals surface area contributed by atoms with Crippen molar-refractivity contribution in [2.24, 2.45) is 11.8 Å². The molecule has 2 aliphatic rings. The van der Waals surface area contributed by atoms with Crippen LogP contribution in [0, 0.1) is 11.8 Å². The first-order valence-electron chi connectivity index (χ1n) is 18.8. The predicted octanol–water partition coefficient (Wildman–Crippen LogP) is 6.46. The van der Waals surface area contributed by atoms with Crippen molar-refractivity contribution in [2.45, 2.75) is 63.2 Å². The van der Waals surface area contributed by atoms with Gasteiger partial charge in [0.05, 0.1) is 23.5 Å². The molecule has 2 aromatic carbocycles. The SMILES string of the molecule is C=C(OCC(C(=O)Nc1nnc(CCCCc2nnc(NC(=C)C(COC(=O)C3CCNCC3)c3ccccc3)s2)s1)c1ccccc1)C1CCNCC1. The molecule has 286 valence electrons. The van der Waals surface area contributed by atoms with Crippen molar-refractivity contribution < 1.29 is 19.1 Å². The zero-order valence-corrected chi connectivity index (χ0v) is 32.3. The molecule has 0 saturated carbocycles. The van der Waals surface area contributed by atoms with Crippen LogP contribution >= 0.6 is 22.7 Å². The summed E-state index contributed by atoms with van der Waals surface area (Å²) in [6.45, 7) is 12.4. The average molecular weight is 771 g/mol. The van der Waals surface area contributed by atoms with E-state index in [-0.39, 0.29) is 36.9 Å². The summed E-state index contributed by atoms with van der Waals surface area (Å²) in [4.78, 5) is 26.3. The average Bonchev–Trinajstić information content (AvgIpc) is 3.86. The van der Waals surface area contributed by atoms with E-state index in [0.29, 0.717) is 21.9 Å². The number of unbranched alkanes of at least 4 members (excludes halogenated alkanes) is 1. The summed E-state index contributed by atoms with van der Waals surface area (Å²) >= 11 is 2.89. The highest BCUT2D eigenvalue weighted by atomic mass is 32.1. The van der Waals surface area contributed by atoms with E-state index in [2.05, 4.69) is 54.8 Å². The Morgan fingerprint density at radius 1 is 0.685 bits per heavy atom. The molecular weight excluding hydrogens is 721 g/mol. The lowest BCUT2D eigenvalue weighted by molar-refractivity contribution is -0.149. The maximum atomic E-state index is 13.5. The highest BCUT2D eigenvalue weighted by molar-refractivity contribution is 7.15. The van der Waals surface area contributed by atoms with Crippen LogP contribution in [0.1, 0.15) is 71.5 Å². The number of amides is 1. The first-order chi connectivity index (χ1) is 26.4. The largest absolute Gasteiger partial charge is 0.497 e. The number of allylic oxidation sites excluding steroid dienone is 1. The number of aromatic nitrogens is 4. The fraction of sp³-hybridized carbons (Fsp3) is 0.450. The number of esters is 1. The third-order valence-electron chi connectivity index (χ3n) is 9.90. The molecule has 14 heteroatoms. The summed E-state index contributed by atoms with van der Waals surface area (Å²) in [6.07, 6.45) is 6.85. The quantitative estimate of drug-likeness (QED) is 0.0473. The second-order valence-electron chi connectivity index (χ2n) is 13.7. The van der Waals surface area contributed by atoms with Crippen molar-refractivity contribution in [1.29, 1.82) is 0 Å². The van der Waals surface area contributed by atoms with E-state index in [4.69, 9.17) is 9.47 Å². The molecule has 2 aliphatic heterocycles. The van der Waals surface area contributed by atoms with Gasteiger partial charge in [-0.05, 0) is 75.8 Å². The molecule has 4 heterocycles. The summed E-state index contributed by atoms with van der Waals surface area (Å²) in [5.74, 6) is -0.0899. The Kier molecular flexibility index (Phi) is 14.7. The number of carbonyl (C=O) groups excluding carboxylic acids is 2. The number of anilines is 2. The molecule has 12 nitrogen and oxygen atoms in total. The van der Waals surface area contributed by atoms with E-state index in [1.54, 1.807) is 0 Å². The first-order valence-corrected chi connectivity index (χ1v) is 20.5. The maximum Gasteiger partial charge on any atom is 0.309 e. The number of benzene rings is 2. The number of hydrogen-bond acceptors (Lipinski definition) is 13. The first kappa shape index (κ1) is 39.2. The Hall–Kier alpha value is -4.50. The zero-order valence-electron chi connectivity index (χ0n) is 30.6. The lowest BCUT2D eigenvalue weighted by Gasteiger charge is -2.26. The van der Waals surface area contributed by atoms with Crippen LogP contribution in [-0.2, 0) is 31.9 Å². The Morgan fingerprint density at radius 2 is 1.19 bits per heavy atom. The molecule has 54 heavy (non-hydrogen) atoms. The number of hydrogen-bond donors (Lipinski definition) is 4. The molecule has 4 aromatic rings. The van der Waals surface area contributed by atoms with Gasteiger partial charge >= 0.3 is 5.97 Å². The van der Waals surface area contributed by atoms with E-state index in [1.165, 1.54) is 22.7 Å². The van der Waals surface area contributed by atoms with Crippen LogP contribution in [-0.4, -0.2) is 71.7 Å². The Labute approximate surface area is 325 Å². The van der Waals surface area contributed by atoms with Gasteiger partial charge in [0.25, 0.3) is 0 Å². The number of nitrogens with zero attached hydrogens (tertiary/aromatic N) is 4. The summed E-state index contributed by atoms with van der Waals surface area (Å²) < 4.78 is 11.9. The molecule has 2 fully saturated rings. The molecule has 0 spiro atoms. The summed E-state index contributed by atoms with van der Waals surface area (Å²) in [7, 11) is 0. The van der Waals surface area contributed by atoms with Gasteiger partial charge in [-0.3, -0.25) is 14.9 Å². The van der Waals surface area contributed by atoms with Crippen molar-refractivity contribution in [3.63, 3.8) is 0 Å². The standard InChI is InChI=1S/C40H50N8O4S2/c1-27(33(30-11-5-3-6-12-30)25-52-38(50)32-19-23-42-24-20-32)43-39-47-45-35(53-39)15-9-10-16-36-46-48-40(54-36)44-37(49)34(31-13-7-4-8-14-31)26-51-28(2)29-17-21-41-22-18-29/h3-8,11-14,29,32-34,41-42H,1-2,9-10,15-26H2,(H,43,47)(H,44,48,49). The Balaban J connectivity index is 0.952. The van der Waals surface area contributed by atoms with Crippen LogP contribution in [0.3, 0.4) is 0 Å². The van der Waals surface area contributed by atoms with Crippen LogP contribution in [0.4, 0.5) is 10.3 Å². The van der Waals surface area contributed by atoms with Crippen molar-refractivity contribution in [2.75, 3.05) is 50.0 Å². The van der Waals surface area contributed by atoms with Crippen molar-refractivity contribution in [3.8, 4) is 0 Å². The number of ether oxygens (including phenoxy) is 2. The molecular formula is C40H50N8O4S2. The number of rotatable bonds is 19. The summed E-state index contributed by atoms with van der Waals surface area (Å²) in [5.41, 5.74) is 2.59. The zero-order chi connectivity index (χ0) is 37.5. The molecule has 0 radical (unpaired) electrons. The molecule has 4 N–H and O–H groups in total. The number of aryl methyl sites for hydroxylation is 2. The van der Waals surface area contributed by atoms with Gasteiger partial charge in [0.15, 0.2) is 0 Å². The van der Waals surface area contributed by atoms with Gasteiger partial charge in [-0.25, -0.2) is 0 Å². The van der Waals surface area contributed by atoms with E-state index in [0.717, 1.165) is 104 Å².